The van der Waals surface area contributed by atoms with Crippen LogP contribution in [0.5, 0.6) is 11.5 Å². The van der Waals surface area contributed by atoms with Gasteiger partial charge in [0.05, 0.1) is 21.2 Å². The number of ether oxygens (including phenoxy) is 3. The second-order valence-electron chi connectivity index (χ2n) is 7.76. The number of imide groups is 1. The van der Waals surface area contributed by atoms with Crippen LogP contribution in [0, 0.1) is 3.57 Å². The molecule has 2 aromatic rings. The highest BCUT2D eigenvalue weighted by Crippen LogP contribution is 2.38. The lowest BCUT2D eigenvalue weighted by Crippen LogP contribution is -2.35. The summed E-state index contributed by atoms with van der Waals surface area (Å²) in [6.45, 7) is 5.66. The third-order valence-electron chi connectivity index (χ3n) is 5.08. The van der Waals surface area contributed by atoms with Gasteiger partial charge < -0.3 is 14.2 Å². The Morgan fingerprint density at radius 1 is 1.17 bits per heavy atom. The molecular formula is C25H24Cl2INO6S. The lowest BCUT2D eigenvalue weighted by atomic mass is 10.1. The Morgan fingerprint density at radius 2 is 1.92 bits per heavy atom. The van der Waals surface area contributed by atoms with Crippen LogP contribution >= 0.6 is 57.6 Å². The summed E-state index contributed by atoms with van der Waals surface area (Å²) in [5, 5.41) is 0.511. The largest absolute Gasteiger partial charge is 0.490 e. The van der Waals surface area contributed by atoms with E-state index in [0.29, 0.717) is 40.1 Å². The molecule has 192 valence electrons. The van der Waals surface area contributed by atoms with Crippen LogP contribution in [0.25, 0.3) is 6.08 Å². The summed E-state index contributed by atoms with van der Waals surface area (Å²) < 4.78 is 17.7. The Morgan fingerprint density at radius 3 is 2.58 bits per heavy atom. The van der Waals surface area contributed by atoms with Crippen molar-refractivity contribution in [3.05, 3.63) is 60.0 Å². The fourth-order valence-corrected chi connectivity index (χ4v) is 5.21. The van der Waals surface area contributed by atoms with E-state index >= 15 is 0 Å². The van der Waals surface area contributed by atoms with Gasteiger partial charge in [-0.2, -0.15) is 0 Å². The molecule has 0 N–H and O–H groups in total. The van der Waals surface area contributed by atoms with E-state index in [2.05, 4.69) is 22.6 Å². The fourth-order valence-electron chi connectivity index (χ4n) is 3.12. The number of benzene rings is 2. The molecule has 0 radical (unpaired) electrons. The molecule has 1 atom stereocenters. The fraction of sp³-hybridized carbons (Fsp3) is 0.320. The minimum absolute atomic E-state index is 0.205. The Bertz CT molecular complexity index is 1210. The van der Waals surface area contributed by atoms with Crippen LogP contribution in [-0.2, 0) is 20.9 Å². The zero-order chi connectivity index (χ0) is 26.4. The molecule has 0 aromatic heterocycles. The standard InChI is InChI=1S/C25H24Cl2INO6S/c1-4-14(3)35-22(30)12-29-24(31)21(36-25(29)32)10-15-8-19(28)23(20(9-15)33-5-2)34-13-16-6-7-17(26)11-18(16)27/h6-11,14H,4-5,12-13H2,1-3H3/b21-10+/t14-/m1/s1. The molecular weight excluding hydrogens is 640 g/mol. The second-order valence-corrected chi connectivity index (χ2v) is 10.8. The van der Waals surface area contributed by atoms with E-state index in [4.69, 9.17) is 37.4 Å². The van der Waals surface area contributed by atoms with Gasteiger partial charge in [-0.25, -0.2) is 0 Å². The molecule has 0 bridgehead atoms. The Kier molecular flexibility index (Phi) is 10.4. The van der Waals surface area contributed by atoms with Crippen molar-refractivity contribution in [3.8, 4) is 11.5 Å². The van der Waals surface area contributed by atoms with Crippen molar-refractivity contribution in [2.75, 3.05) is 13.2 Å². The Hall–Kier alpha value is -1.95. The number of halogens is 3. The summed E-state index contributed by atoms with van der Waals surface area (Å²) in [6.07, 6.45) is 1.94. The highest BCUT2D eigenvalue weighted by atomic mass is 127. The van der Waals surface area contributed by atoms with Gasteiger partial charge in [-0.15, -0.1) is 0 Å². The highest BCUT2D eigenvalue weighted by molar-refractivity contribution is 14.1. The number of thioether (sulfide) groups is 1. The minimum atomic E-state index is -0.622. The van der Waals surface area contributed by atoms with Crippen LogP contribution in [-0.4, -0.2) is 41.3 Å². The predicted molar refractivity (Wildman–Crippen MR) is 150 cm³/mol. The van der Waals surface area contributed by atoms with Gasteiger partial charge in [-0.3, -0.25) is 19.3 Å². The normalized spacial score (nSPS) is 15.4. The molecule has 2 aromatic carbocycles. The highest BCUT2D eigenvalue weighted by Gasteiger charge is 2.37. The summed E-state index contributed by atoms with van der Waals surface area (Å²) in [7, 11) is 0. The molecule has 36 heavy (non-hydrogen) atoms. The summed E-state index contributed by atoms with van der Waals surface area (Å²) in [6, 6.07) is 8.72. The molecule has 7 nitrogen and oxygen atoms in total. The molecule has 3 rings (SSSR count). The van der Waals surface area contributed by atoms with E-state index in [1.54, 1.807) is 37.3 Å². The average molecular weight is 664 g/mol. The first kappa shape index (κ1) is 28.6. The van der Waals surface area contributed by atoms with E-state index in [1.165, 1.54) is 0 Å². The molecule has 1 heterocycles. The number of esters is 1. The van der Waals surface area contributed by atoms with Gasteiger partial charge in [0.2, 0.25) is 0 Å². The zero-order valence-corrected chi connectivity index (χ0v) is 24.3. The van der Waals surface area contributed by atoms with E-state index in [0.717, 1.165) is 25.8 Å². The van der Waals surface area contributed by atoms with Crippen LogP contribution in [0.1, 0.15) is 38.3 Å². The zero-order valence-electron chi connectivity index (χ0n) is 19.8. The molecule has 1 saturated heterocycles. The number of rotatable bonds is 10. The SMILES string of the molecule is CCOc1cc(/C=C2/SC(=O)N(CC(=O)O[C@H](C)CC)C2=O)cc(I)c1OCc1ccc(Cl)cc1Cl. The Labute approximate surface area is 237 Å². The number of nitrogens with zero attached hydrogens (tertiary/aromatic N) is 1. The van der Waals surface area contributed by atoms with Gasteiger partial charge in [0, 0.05) is 15.6 Å². The van der Waals surface area contributed by atoms with Crippen LogP contribution in [0.15, 0.2) is 35.2 Å². The predicted octanol–water partition coefficient (Wildman–Crippen LogP) is 6.95. The summed E-state index contributed by atoms with van der Waals surface area (Å²) >= 11 is 15.1. The summed E-state index contributed by atoms with van der Waals surface area (Å²) in [5.41, 5.74) is 1.41. The number of hydrogen-bond acceptors (Lipinski definition) is 7. The van der Waals surface area contributed by atoms with Crippen molar-refractivity contribution < 1.29 is 28.6 Å². The number of carbonyl (C=O) groups is 3. The van der Waals surface area contributed by atoms with Gasteiger partial charge in [0.25, 0.3) is 11.1 Å². The first-order valence-electron chi connectivity index (χ1n) is 11.1. The van der Waals surface area contributed by atoms with Gasteiger partial charge >= 0.3 is 5.97 Å². The molecule has 1 fully saturated rings. The van der Waals surface area contributed by atoms with Crippen LogP contribution in [0.2, 0.25) is 10.0 Å². The third-order valence-corrected chi connectivity index (χ3v) is 7.38. The summed E-state index contributed by atoms with van der Waals surface area (Å²) in [4.78, 5) is 38.4. The average Bonchev–Trinajstić information content (AvgIpc) is 3.07. The molecule has 2 amide bonds. The van der Waals surface area contributed by atoms with E-state index in [9.17, 15) is 14.4 Å². The molecule has 1 aliphatic heterocycles. The molecule has 0 saturated carbocycles. The second kappa shape index (κ2) is 13.0. The first-order chi connectivity index (χ1) is 17.1. The van der Waals surface area contributed by atoms with E-state index in [-0.39, 0.29) is 17.6 Å². The molecule has 11 heteroatoms. The van der Waals surface area contributed by atoms with Crippen LogP contribution in [0.3, 0.4) is 0 Å². The smallest absolute Gasteiger partial charge is 0.326 e. The minimum Gasteiger partial charge on any atom is -0.490 e. The Balaban J connectivity index is 1.80. The quantitative estimate of drug-likeness (QED) is 0.155. The third kappa shape index (κ3) is 7.30. The summed E-state index contributed by atoms with van der Waals surface area (Å²) in [5.74, 6) is -0.154. The van der Waals surface area contributed by atoms with Crippen molar-refractivity contribution in [2.45, 2.75) is 39.9 Å². The molecule has 0 unspecified atom stereocenters. The molecule has 1 aliphatic rings. The monoisotopic (exact) mass is 663 g/mol. The van der Waals surface area contributed by atoms with Crippen molar-refractivity contribution in [1.82, 2.24) is 4.90 Å². The molecule has 0 spiro atoms. The maximum absolute atomic E-state index is 12.8. The number of amides is 2. The van der Waals surface area contributed by atoms with Gasteiger partial charge in [-0.1, -0.05) is 36.2 Å². The van der Waals surface area contributed by atoms with Crippen molar-refractivity contribution in [1.29, 1.82) is 0 Å². The molecule has 0 aliphatic carbocycles. The van der Waals surface area contributed by atoms with Gasteiger partial charge in [0.1, 0.15) is 13.2 Å². The van der Waals surface area contributed by atoms with E-state index < -0.39 is 23.7 Å². The first-order valence-corrected chi connectivity index (χ1v) is 13.8. The number of carbonyl (C=O) groups excluding carboxylic acids is 3. The van der Waals surface area contributed by atoms with Crippen molar-refractivity contribution in [2.24, 2.45) is 0 Å². The lowest BCUT2D eigenvalue weighted by Gasteiger charge is -2.16. The maximum atomic E-state index is 12.8. The topological polar surface area (TPSA) is 82.1 Å². The maximum Gasteiger partial charge on any atom is 0.326 e. The van der Waals surface area contributed by atoms with Crippen molar-refractivity contribution >= 4 is 80.7 Å². The van der Waals surface area contributed by atoms with Gasteiger partial charge in [0.15, 0.2) is 11.5 Å². The van der Waals surface area contributed by atoms with Gasteiger partial charge in [-0.05, 0) is 90.5 Å². The number of hydrogen-bond donors (Lipinski definition) is 0. The van der Waals surface area contributed by atoms with E-state index in [1.807, 2.05) is 19.9 Å². The van der Waals surface area contributed by atoms with Crippen LogP contribution in [0.4, 0.5) is 4.79 Å². The lowest BCUT2D eigenvalue weighted by molar-refractivity contribution is -0.150. The van der Waals surface area contributed by atoms with Crippen LogP contribution < -0.4 is 9.47 Å². The van der Waals surface area contributed by atoms with Crippen molar-refractivity contribution in [3.63, 3.8) is 0 Å².